The number of hydrogen-bond acceptors (Lipinski definition) is 1. The summed E-state index contributed by atoms with van der Waals surface area (Å²) in [6, 6.07) is 0. The van der Waals surface area contributed by atoms with Gasteiger partial charge in [-0.3, -0.25) is 0 Å². The van der Waals surface area contributed by atoms with Crippen molar-refractivity contribution in [1.82, 2.24) is 0 Å². The predicted octanol–water partition coefficient (Wildman–Crippen LogP) is 3.50. The van der Waals surface area contributed by atoms with Gasteiger partial charge in [0, 0.05) is 6.54 Å². The number of nitrogens with two attached hydrogens (primary N) is 1. The van der Waals surface area contributed by atoms with E-state index in [4.69, 9.17) is 5.73 Å². The summed E-state index contributed by atoms with van der Waals surface area (Å²) in [7, 11) is 0. The molecule has 0 spiro atoms. The van der Waals surface area contributed by atoms with Gasteiger partial charge in [0.1, 0.15) is 0 Å². The molecule has 0 unspecified atom stereocenters. The third kappa shape index (κ3) is 1.95. The highest BCUT2D eigenvalue weighted by Gasteiger charge is 2.50. The lowest BCUT2D eigenvalue weighted by Crippen LogP contribution is -2.45. The summed E-state index contributed by atoms with van der Waals surface area (Å²) in [5.74, 6) is 3.30. The topological polar surface area (TPSA) is 26.0 Å². The Morgan fingerprint density at radius 1 is 0.938 bits per heavy atom. The Kier molecular flexibility index (Phi) is 2.83. The van der Waals surface area contributed by atoms with E-state index in [1.54, 1.807) is 38.5 Å². The van der Waals surface area contributed by atoms with Crippen molar-refractivity contribution in [3.63, 3.8) is 0 Å². The molecule has 90 valence electrons. The van der Waals surface area contributed by atoms with E-state index in [0.29, 0.717) is 6.54 Å². The number of rotatable bonds is 4. The molecule has 4 rings (SSSR count). The molecule has 4 bridgehead atoms. The molecule has 0 heterocycles. The largest absolute Gasteiger partial charge is 0.327 e. The Bertz CT molecular complexity index is 244. The summed E-state index contributed by atoms with van der Waals surface area (Å²) in [6.45, 7) is 0.709. The van der Waals surface area contributed by atoms with Gasteiger partial charge in [-0.15, -0.1) is 0 Å². The Morgan fingerprint density at radius 3 is 2.00 bits per heavy atom. The summed E-state index contributed by atoms with van der Waals surface area (Å²) in [5, 5.41) is 0. The standard InChI is InChI=1S/C15H25N/c16-5-3-1-2-4-15-9-12-6-13(10-15)8-14(7-12)11-15/h1,3,12-14H,2,4-11,16H2. The average Bonchev–Trinajstić information content (AvgIpc) is 2.22. The molecule has 0 saturated heterocycles. The Balaban J connectivity index is 1.62. The highest BCUT2D eigenvalue weighted by atomic mass is 14.5. The van der Waals surface area contributed by atoms with Crippen molar-refractivity contribution in [2.45, 2.75) is 51.4 Å². The minimum atomic E-state index is 0.709. The lowest BCUT2D eigenvalue weighted by molar-refractivity contribution is -0.0566. The van der Waals surface area contributed by atoms with Crippen LogP contribution in [0.15, 0.2) is 12.2 Å². The predicted molar refractivity (Wildman–Crippen MR) is 68.0 cm³/mol. The maximum atomic E-state index is 5.49. The van der Waals surface area contributed by atoms with Gasteiger partial charge in [0.05, 0.1) is 0 Å². The lowest BCUT2D eigenvalue weighted by Gasteiger charge is -2.57. The molecule has 0 radical (unpaired) electrons. The van der Waals surface area contributed by atoms with Crippen LogP contribution in [0.2, 0.25) is 0 Å². The molecule has 4 aliphatic carbocycles. The summed E-state index contributed by atoms with van der Waals surface area (Å²) in [6.07, 6.45) is 16.5. The van der Waals surface area contributed by atoms with E-state index in [2.05, 4.69) is 12.2 Å². The molecule has 2 N–H and O–H groups in total. The fourth-order valence-electron chi connectivity index (χ4n) is 5.20. The highest BCUT2D eigenvalue weighted by Crippen LogP contribution is 2.61. The quantitative estimate of drug-likeness (QED) is 0.720. The zero-order valence-corrected chi connectivity index (χ0v) is 10.3. The van der Waals surface area contributed by atoms with Crippen LogP contribution in [-0.4, -0.2) is 6.54 Å². The number of allylic oxidation sites excluding steroid dienone is 1. The van der Waals surface area contributed by atoms with E-state index in [1.807, 2.05) is 0 Å². The van der Waals surface area contributed by atoms with Gasteiger partial charge in [-0.05, 0) is 74.5 Å². The molecule has 4 saturated carbocycles. The molecular formula is C15H25N. The van der Waals surface area contributed by atoms with Crippen LogP contribution in [0.5, 0.6) is 0 Å². The molecule has 16 heavy (non-hydrogen) atoms. The summed E-state index contributed by atoms with van der Waals surface area (Å²) >= 11 is 0. The second kappa shape index (κ2) is 4.18. The normalized spacial score (nSPS) is 45.7. The second-order valence-electron chi connectivity index (χ2n) is 6.66. The molecule has 1 heteroatoms. The third-order valence-corrected chi connectivity index (χ3v) is 5.31. The van der Waals surface area contributed by atoms with E-state index in [9.17, 15) is 0 Å². The van der Waals surface area contributed by atoms with Gasteiger partial charge < -0.3 is 5.73 Å². The van der Waals surface area contributed by atoms with Crippen molar-refractivity contribution in [2.24, 2.45) is 28.9 Å². The molecule has 0 aliphatic heterocycles. The Hall–Kier alpha value is -0.300. The van der Waals surface area contributed by atoms with E-state index < -0.39 is 0 Å². The van der Waals surface area contributed by atoms with E-state index >= 15 is 0 Å². The van der Waals surface area contributed by atoms with Crippen LogP contribution in [0, 0.1) is 23.2 Å². The molecule has 0 aromatic heterocycles. The van der Waals surface area contributed by atoms with E-state index in [0.717, 1.165) is 23.2 Å². The Morgan fingerprint density at radius 2 is 1.50 bits per heavy atom. The zero-order chi connectivity index (χ0) is 11.0. The molecule has 4 fully saturated rings. The molecule has 0 aromatic carbocycles. The fourth-order valence-corrected chi connectivity index (χ4v) is 5.20. The van der Waals surface area contributed by atoms with Crippen molar-refractivity contribution in [1.29, 1.82) is 0 Å². The fraction of sp³-hybridized carbons (Fsp3) is 0.867. The average molecular weight is 219 g/mol. The molecular weight excluding hydrogens is 194 g/mol. The van der Waals surface area contributed by atoms with Gasteiger partial charge in [-0.1, -0.05) is 12.2 Å². The summed E-state index contributed by atoms with van der Waals surface area (Å²) < 4.78 is 0. The van der Waals surface area contributed by atoms with Crippen LogP contribution in [-0.2, 0) is 0 Å². The van der Waals surface area contributed by atoms with Crippen molar-refractivity contribution in [3.05, 3.63) is 12.2 Å². The van der Waals surface area contributed by atoms with Crippen molar-refractivity contribution >= 4 is 0 Å². The third-order valence-electron chi connectivity index (χ3n) is 5.31. The maximum Gasteiger partial charge on any atom is 0.0106 e. The minimum Gasteiger partial charge on any atom is -0.327 e. The number of hydrogen-bond donors (Lipinski definition) is 1. The highest BCUT2D eigenvalue weighted by molar-refractivity contribution is 5.02. The first-order chi connectivity index (χ1) is 7.80. The van der Waals surface area contributed by atoms with Gasteiger partial charge in [-0.2, -0.15) is 0 Å². The van der Waals surface area contributed by atoms with Gasteiger partial charge >= 0.3 is 0 Å². The lowest BCUT2D eigenvalue weighted by atomic mass is 9.48. The summed E-state index contributed by atoms with van der Waals surface area (Å²) in [5.41, 5.74) is 6.25. The first-order valence-corrected chi connectivity index (χ1v) is 7.15. The van der Waals surface area contributed by atoms with Crippen LogP contribution in [0.4, 0.5) is 0 Å². The van der Waals surface area contributed by atoms with Gasteiger partial charge in [0.25, 0.3) is 0 Å². The molecule has 4 aliphatic rings. The van der Waals surface area contributed by atoms with Crippen LogP contribution in [0.1, 0.15) is 51.4 Å². The van der Waals surface area contributed by atoms with Gasteiger partial charge in [0.2, 0.25) is 0 Å². The molecule has 1 nitrogen and oxygen atoms in total. The minimum absolute atomic E-state index is 0.709. The van der Waals surface area contributed by atoms with Gasteiger partial charge in [-0.25, -0.2) is 0 Å². The summed E-state index contributed by atoms with van der Waals surface area (Å²) in [4.78, 5) is 0. The first kappa shape index (κ1) is 10.8. The van der Waals surface area contributed by atoms with Gasteiger partial charge in [0.15, 0.2) is 0 Å². The molecule has 0 atom stereocenters. The SMILES string of the molecule is NCC=CCCC12CC3CC(CC(C3)C1)C2. The van der Waals surface area contributed by atoms with Crippen LogP contribution < -0.4 is 5.73 Å². The molecule has 0 amide bonds. The van der Waals surface area contributed by atoms with Crippen LogP contribution in [0.3, 0.4) is 0 Å². The van der Waals surface area contributed by atoms with E-state index in [1.165, 1.54) is 12.8 Å². The van der Waals surface area contributed by atoms with Crippen LogP contribution in [0.25, 0.3) is 0 Å². The molecule has 0 aromatic rings. The van der Waals surface area contributed by atoms with Crippen molar-refractivity contribution in [2.75, 3.05) is 6.54 Å². The van der Waals surface area contributed by atoms with Crippen LogP contribution >= 0.6 is 0 Å². The van der Waals surface area contributed by atoms with Crippen molar-refractivity contribution in [3.8, 4) is 0 Å². The monoisotopic (exact) mass is 219 g/mol. The zero-order valence-electron chi connectivity index (χ0n) is 10.3. The second-order valence-corrected chi connectivity index (χ2v) is 6.66. The van der Waals surface area contributed by atoms with E-state index in [-0.39, 0.29) is 0 Å². The maximum absolute atomic E-state index is 5.49. The Labute approximate surface area is 99.5 Å². The smallest absolute Gasteiger partial charge is 0.0106 e. The van der Waals surface area contributed by atoms with Crippen molar-refractivity contribution < 1.29 is 0 Å². The first-order valence-electron chi connectivity index (χ1n) is 7.15.